The van der Waals surface area contributed by atoms with Crippen LogP contribution in [0.5, 0.6) is 0 Å². The first-order valence-electron chi connectivity index (χ1n) is 6.65. The minimum Gasteiger partial charge on any atom is -0.481 e. The topological polar surface area (TPSA) is 74.6 Å². The van der Waals surface area contributed by atoms with Gasteiger partial charge in [0.05, 0.1) is 5.41 Å². The Balaban J connectivity index is 4.11. The number of rotatable bonds is 12. The van der Waals surface area contributed by atoms with E-state index < -0.39 is 17.4 Å². The van der Waals surface area contributed by atoms with Crippen molar-refractivity contribution in [2.45, 2.75) is 51.4 Å². The van der Waals surface area contributed by atoms with E-state index in [-0.39, 0.29) is 6.42 Å². The zero-order valence-corrected chi connectivity index (χ0v) is 13.0. The summed E-state index contributed by atoms with van der Waals surface area (Å²) in [5, 5.41) is 17.9. The SMILES string of the molecule is O=C(O)CCCCCCC(CCS)(CCS)C(=O)O. The zero-order chi connectivity index (χ0) is 14.7. The molecule has 0 radical (unpaired) electrons. The molecule has 0 aromatic heterocycles. The van der Waals surface area contributed by atoms with Crippen molar-refractivity contribution in [3.05, 3.63) is 0 Å². The number of carbonyl (C=O) groups is 2. The van der Waals surface area contributed by atoms with Crippen molar-refractivity contribution in [1.82, 2.24) is 0 Å². The number of unbranched alkanes of at least 4 members (excludes halogenated alkanes) is 3. The third-order valence-corrected chi connectivity index (χ3v) is 3.88. The van der Waals surface area contributed by atoms with Crippen molar-refractivity contribution < 1.29 is 19.8 Å². The van der Waals surface area contributed by atoms with Gasteiger partial charge >= 0.3 is 11.9 Å². The Kier molecular flexibility index (Phi) is 10.2. The van der Waals surface area contributed by atoms with Gasteiger partial charge in [0.15, 0.2) is 0 Å². The molecule has 0 aromatic carbocycles. The van der Waals surface area contributed by atoms with Gasteiger partial charge in [0.2, 0.25) is 0 Å². The Labute approximate surface area is 125 Å². The van der Waals surface area contributed by atoms with Gasteiger partial charge in [-0.2, -0.15) is 25.3 Å². The molecular weight excluding hydrogens is 284 g/mol. The molecule has 2 N–H and O–H groups in total. The van der Waals surface area contributed by atoms with Gasteiger partial charge in [-0.3, -0.25) is 9.59 Å². The average molecular weight is 308 g/mol. The van der Waals surface area contributed by atoms with Crippen LogP contribution in [0.1, 0.15) is 51.4 Å². The summed E-state index contributed by atoms with van der Waals surface area (Å²) in [6.07, 6.45) is 5.11. The minimum atomic E-state index is -0.773. The minimum absolute atomic E-state index is 0.192. The van der Waals surface area contributed by atoms with Crippen LogP contribution in [-0.4, -0.2) is 33.7 Å². The van der Waals surface area contributed by atoms with Crippen molar-refractivity contribution in [2.75, 3.05) is 11.5 Å². The van der Waals surface area contributed by atoms with E-state index in [0.717, 1.165) is 19.3 Å². The first kappa shape index (κ1) is 18.6. The van der Waals surface area contributed by atoms with E-state index in [0.29, 0.717) is 37.2 Å². The molecule has 0 rings (SSSR count). The Morgan fingerprint density at radius 1 is 0.842 bits per heavy atom. The van der Waals surface area contributed by atoms with Gasteiger partial charge in [-0.25, -0.2) is 0 Å². The lowest BCUT2D eigenvalue weighted by Gasteiger charge is -2.28. The van der Waals surface area contributed by atoms with Gasteiger partial charge in [-0.05, 0) is 37.2 Å². The fourth-order valence-electron chi connectivity index (χ4n) is 2.22. The molecule has 0 unspecified atom stereocenters. The van der Waals surface area contributed by atoms with E-state index in [9.17, 15) is 14.7 Å². The summed E-state index contributed by atoms with van der Waals surface area (Å²) >= 11 is 8.30. The third kappa shape index (κ3) is 7.72. The largest absolute Gasteiger partial charge is 0.481 e. The molecule has 112 valence electrons. The van der Waals surface area contributed by atoms with Gasteiger partial charge in [0.25, 0.3) is 0 Å². The van der Waals surface area contributed by atoms with Gasteiger partial charge in [0.1, 0.15) is 0 Å². The Hall–Kier alpha value is -0.360. The second-order valence-corrected chi connectivity index (χ2v) is 5.74. The number of hydrogen-bond acceptors (Lipinski definition) is 4. The normalized spacial score (nSPS) is 11.5. The molecule has 0 fully saturated rings. The second-order valence-electron chi connectivity index (χ2n) is 4.84. The van der Waals surface area contributed by atoms with Crippen molar-refractivity contribution >= 4 is 37.2 Å². The van der Waals surface area contributed by atoms with Gasteiger partial charge < -0.3 is 10.2 Å². The van der Waals surface area contributed by atoms with Crippen LogP contribution in [0.25, 0.3) is 0 Å². The lowest BCUT2D eigenvalue weighted by atomic mass is 9.77. The summed E-state index contributed by atoms with van der Waals surface area (Å²) in [7, 11) is 0. The summed E-state index contributed by atoms with van der Waals surface area (Å²) in [5.74, 6) is -0.427. The number of thiol groups is 2. The van der Waals surface area contributed by atoms with E-state index in [1.54, 1.807) is 0 Å². The maximum Gasteiger partial charge on any atom is 0.309 e. The van der Waals surface area contributed by atoms with Crippen molar-refractivity contribution in [3.63, 3.8) is 0 Å². The second kappa shape index (κ2) is 10.4. The summed E-state index contributed by atoms with van der Waals surface area (Å²) < 4.78 is 0. The molecule has 0 aliphatic rings. The Morgan fingerprint density at radius 3 is 1.79 bits per heavy atom. The third-order valence-electron chi connectivity index (χ3n) is 3.43. The molecule has 0 aliphatic carbocycles. The van der Waals surface area contributed by atoms with E-state index >= 15 is 0 Å². The number of carboxylic acid groups (broad SMARTS) is 2. The molecule has 6 heteroatoms. The lowest BCUT2D eigenvalue weighted by molar-refractivity contribution is -0.150. The molecule has 0 atom stereocenters. The van der Waals surface area contributed by atoms with Crippen LogP contribution in [0.2, 0.25) is 0 Å². The molecular formula is C13H24O4S2. The standard InChI is InChI=1S/C13H24O4S2/c14-11(15)5-3-1-2-4-6-13(7-9-18,8-10-19)12(16)17/h18-19H,1-10H2,(H,14,15)(H,16,17). The highest BCUT2D eigenvalue weighted by Crippen LogP contribution is 2.34. The van der Waals surface area contributed by atoms with E-state index in [1.807, 2.05) is 0 Å². The van der Waals surface area contributed by atoms with Gasteiger partial charge in [-0.15, -0.1) is 0 Å². The number of carboxylic acids is 2. The predicted molar refractivity (Wildman–Crippen MR) is 82.3 cm³/mol. The van der Waals surface area contributed by atoms with Crippen molar-refractivity contribution in [2.24, 2.45) is 5.41 Å². The monoisotopic (exact) mass is 308 g/mol. The molecule has 0 spiro atoms. The number of aliphatic carboxylic acids is 2. The van der Waals surface area contributed by atoms with Crippen LogP contribution < -0.4 is 0 Å². The van der Waals surface area contributed by atoms with Crippen LogP contribution in [0.3, 0.4) is 0 Å². The summed E-state index contributed by atoms with van der Waals surface area (Å²) in [6.45, 7) is 0. The van der Waals surface area contributed by atoms with Crippen LogP contribution in [0.4, 0.5) is 0 Å². The molecule has 0 amide bonds. The van der Waals surface area contributed by atoms with E-state index in [4.69, 9.17) is 5.11 Å². The summed E-state index contributed by atoms with van der Waals surface area (Å²) in [4.78, 5) is 21.8. The quantitative estimate of drug-likeness (QED) is 0.330. The molecule has 0 bridgehead atoms. The van der Waals surface area contributed by atoms with Crippen molar-refractivity contribution in [3.8, 4) is 0 Å². The molecule has 0 aromatic rings. The summed E-state index contributed by atoms with van der Waals surface area (Å²) in [6, 6.07) is 0. The Morgan fingerprint density at radius 2 is 1.37 bits per heavy atom. The van der Waals surface area contributed by atoms with Crippen molar-refractivity contribution in [1.29, 1.82) is 0 Å². The van der Waals surface area contributed by atoms with E-state index in [2.05, 4.69) is 25.3 Å². The first-order chi connectivity index (χ1) is 8.98. The number of hydrogen-bond donors (Lipinski definition) is 4. The Bertz CT molecular complexity index is 276. The molecule has 0 saturated carbocycles. The highest BCUT2D eigenvalue weighted by molar-refractivity contribution is 7.80. The zero-order valence-electron chi connectivity index (χ0n) is 11.2. The maximum atomic E-state index is 11.5. The lowest BCUT2D eigenvalue weighted by Crippen LogP contribution is -2.32. The van der Waals surface area contributed by atoms with Crippen LogP contribution in [0.15, 0.2) is 0 Å². The van der Waals surface area contributed by atoms with Gasteiger partial charge in [-0.1, -0.05) is 19.3 Å². The smallest absolute Gasteiger partial charge is 0.309 e. The van der Waals surface area contributed by atoms with Gasteiger partial charge in [0, 0.05) is 6.42 Å². The van der Waals surface area contributed by atoms with Crippen LogP contribution in [0, 0.1) is 5.41 Å². The first-order valence-corrected chi connectivity index (χ1v) is 7.92. The van der Waals surface area contributed by atoms with E-state index in [1.165, 1.54) is 0 Å². The van der Waals surface area contributed by atoms with Crippen LogP contribution >= 0.6 is 25.3 Å². The molecule has 0 heterocycles. The summed E-state index contributed by atoms with van der Waals surface area (Å²) in [5.41, 5.74) is -0.712. The highest BCUT2D eigenvalue weighted by Gasteiger charge is 2.36. The fourth-order valence-corrected chi connectivity index (χ4v) is 3.07. The fraction of sp³-hybridized carbons (Fsp3) is 0.846. The molecule has 0 aliphatic heterocycles. The molecule has 19 heavy (non-hydrogen) atoms. The highest BCUT2D eigenvalue weighted by atomic mass is 32.1. The molecule has 0 saturated heterocycles. The molecule has 4 nitrogen and oxygen atoms in total. The van der Waals surface area contributed by atoms with Crippen LogP contribution in [-0.2, 0) is 9.59 Å². The predicted octanol–water partition coefficient (Wildman–Crippen LogP) is 3.12. The average Bonchev–Trinajstić information content (AvgIpc) is 2.33. The maximum absolute atomic E-state index is 11.5.